The fourth-order valence-electron chi connectivity index (χ4n) is 2.34. The summed E-state index contributed by atoms with van der Waals surface area (Å²) in [7, 11) is 2.11. The molecule has 0 saturated carbocycles. The molecule has 0 amide bonds. The van der Waals surface area contributed by atoms with Crippen molar-refractivity contribution in [1.29, 1.82) is 5.26 Å². The van der Waals surface area contributed by atoms with Gasteiger partial charge in [-0.2, -0.15) is 5.26 Å². The Bertz CT molecular complexity index is 551. The molecule has 1 unspecified atom stereocenters. The standard InChI is InChI=1S/C15H18ClN3O/c1-11-14(6-5-12(8-17)15(11)16)18-10-20-9-13-4-3-7-19(13)2/h5-6,10,13H,3-4,7,9H2,1-2H3. The summed E-state index contributed by atoms with van der Waals surface area (Å²) in [4.78, 5) is 6.57. The number of hydrogen-bond acceptors (Lipinski definition) is 4. The van der Waals surface area contributed by atoms with Gasteiger partial charge in [-0.3, -0.25) is 0 Å². The molecule has 1 aromatic carbocycles. The molecule has 20 heavy (non-hydrogen) atoms. The molecular weight excluding hydrogens is 274 g/mol. The fraction of sp³-hybridized carbons (Fsp3) is 0.467. The topological polar surface area (TPSA) is 48.6 Å². The van der Waals surface area contributed by atoms with E-state index >= 15 is 0 Å². The third-order valence-electron chi connectivity index (χ3n) is 3.70. The van der Waals surface area contributed by atoms with Crippen molar-refractivity contribution in [3.8, 4) is 6.07 Å². The molecule has 1 heterocycles. The zero-order chi connectivity index (χ0) is 14.5. The second-order valence-electron chi connectivity index (χ2n) is 5.03. The summed E-state index contributed by atoms with van der Waals surface area (Å²) in [6, 6.07) is 5.98. The van der Waals surface area contributed by atoms with Gasteiger partial charge in [-0.1, -0.05) is 11.6 Å². The molecule has 0 aliphatic carbocycles. The molecule has 1 saturated heterocycles. The molecule has 4 nitrogen and oxygen atoms in total. The van der Waals surface area contributed by atoms with Crippen molar-refractivity contribution in [1.82, 2.24) is 4.90 Å². The van der Waals surface area contributed by atoms with Crippen LogP contribution < -0.4 is 0 Å². The quantitative estimate of drug-likeness (QED) is 0.632. The van der Waals surface area contributed by atoms with Crippen molar-refractivity contribution in [2.24, 2.45) is 4.99 Å². The Balaban J connectivity index is 1.95. The predicted molar refractivity (Wildman–Crippen MR) is 80.7 cm³/mol. The average molecular weight is 292 g/mol. The Labute approximate surface area is 124 Å². The number of likely N-dealkylation sites (N-methyl/N-ethyl adjacent to an activating group) is 1. The van der Waals surface area contributed by atoms with Crippen LogP contribution in [0, 0.1) is 18.3 Å². The Morgan fingerprint density at radius 3 is 3.05 bits per heavy atom. The van der Waals surface area contributed by atoms with Gasteiger partial charge in [-0.05, 0) is 51.1 Å². The van der Waals surface area contributed by atoms with E-state index in [-0.39, 0.29) is 0 Å². The van der Waals surface area contributed by atoms with E-state index in [0.717, 1.165) is 17.8 Å². The Hall–Kier alpha value is -1.57. The van der Waals surface area contributed by atoms with Crippen LogP contribution in [-0.4, -0.2) is 37.5 Å². The SMILES string of the molecule is Cc1c(N=COCC2CCCN2C)ccc(C#N)c1Cl. The second kappa shape index (κ2) is 6.74. The molecule has 0 spiro atoms. The molecule has 0 aromatic heterocycles. The zero-order valence-corrected chi connectivity index (χ0v) is 12.5. The molecule has 0 radical (unpaired) electrons. The van der Waals surface area contributed by atoms with Gasteiger partial charge in [0.2, 0.25) is 0 Å². The largest absolute Gasteiger partial charge is 0.481 e. The maximum atomic E-state index is 8.89. The minimum absolute atomic E-state index is 0.456. The van der Waals surface area contributed by atoms with Gasteiger partial charge >= 0.3 is 0 Å². The van der Waals surface area contributed by atoms with E-state index in [0.29, 0.717) is 23.2 Å². The van der Waals surface area contributed by atoms with Crippen LogP contribution in [0.4, 0.5) is 5.69 Å². The van der Waals surface area contributed by atoms with E-state index in [4.69, 9.17) is 21.6 Å². The number of nitriles is 1. The predicted octanol–water partition coefficient (Wildman–Crippen LogP) is 3.29. The summed E-state index contributed by atoms with van der Waals surface area (Å²) in [5.41, 5.74) is 1.99. The van der Waals surface area contributed by atoms with Gasteiger partial charge < -0.3 is 9.64 Å². The minimum atomic E-state index is 0.456. The molecule has 0 N–H and O–H groups in total. The number of rotatable bonds is 4. The minimum Gasteiger partial charge on any atom is -0.481 e. The molecule has 1 aliphatic rings. The van der Waals surface area contributed by atoms with Crippen LogP contribution in [0.5, 0.6) is 0 Å². The maximum absolute atomic E-state index is 8.89. The summed E-state index contributed by atoms with van der Waals surface area (Å²) in [5, 5.41) is 9.35. The smallest absolute Gasteiger partial charge is 0.174 e. The highest BCUT2D eigenvalue weighted by molar-refractivity contribution is 6.32. The highest BCUT2D eigenvalue weighted by atomic mass is 35.5. The van der Waals surface area contributed by atoms with Gasteiger partial charge in [-0.25, -0.2) is 4.99 Å². The normalized spacial score (nSPS) is 19.4. The van der Waals surface area contributed by atoms with Gasteiger partial charge in [0.25, 0.3) is 0 Å². The third-order valence-corrected chi connectivity index (χ3v) is 4.19. The van der Waals surface area contributed by atoms with Crippen molar-refractivity contribution < 1.29 is 4.74 Å². The molecule has 1 atom stereocenters. The molecular formula is C15H18ClN3O. The average Bonchev–Trinajstić information content (AvgIpc) is 2.85. The lowest BCUT2D eigenvalue weighted by Gasteiger charge is -2.17. The number of nitrogens with zero attached hydrogens (tertiary/aromatic N) is 3. The number of benzene rings is 1. The lowest BCUT2D eigenvalue weighted by atomic mass is 10.1. The van der Waals surface area contributed by atoms with Gasteiger partial charge in [0.15, 0.2) is 6.40 Å². The van der Waals surface area contributed by atoms with Crippen molar-refractivity contribution >= 4 is 23.7 Å². The number of likely N-dealkylation sites (tertiary alicyclic amines) is 1. The maximum Gasteiger partial charge on any atom is 0.174 e. The lowest BCUT2D eigenvalue weighted by Crippen LogP contribution is -2.29. The monoisotopic (exact) mass is 291 g/mol. The summed E-state index contributed by atoms with van der Waals surface area (Å²) in [5.74, 6) is 0. The van der Waals surface area contributed by atoms with Crippen LogP contribution in [0.25, 0.3) is 0 Å². The van der Waals surface area contributed by atoms with Crippen LogP contribution in [0.2, 0.25) is 5.02 Å². The Morgan fingerprint density at radius 2 is 2.40 bits per heavy atom. The number of halogens is 1. The van der Waals surface area contributed by atoms with Crippen molar-refractivity contribution in [3.63, 3.8) is 0 Å². The van der Waals surface area contributed by atoms with Crippen LogP contribution in [0.15, 0.2) is 17.1 Å². The molecule has 106 valence electrons. The van der Waals surface area contributed by atoms with Gasteiger partial charge in [0.1, 0.15) is 12.7 Å². The number of aliphatic imine (C=N–C) groups is 1. The molecule has 1 aliphatic heterocycles. The fourth-order valence-corrected chi connectivity index (χ4v) is 2.54. The van der Waals surface area contributed by atoms with E-state index in [1.54, 1.807) is 12.1 Å². The first-order valence-electron chi connectivity index (χ1n) is 6.67. The van der Waals surface area contributed by atoms with Gasteiger partial charge in [-0.15, -0.1) is 0 Å². The van der Waals surface area contributed by atoms with E-state index in [1.165, 1.54) is 19.2 Å². The third kappa shape index (κ3) is 3.30. The molecule has 1 aromatic rings. The first kappa shape index (κ1) is 14.8. The highest BCUT2D eigenvalue weighted by Gasteiger charge is 2.20. The van der Waals surface area contributed by atoms with Crippen LogP contribution in [-0.2, 0) is 4.74 Å². The van der Waals surface area contributed by atoms with E-state index in [2.05, 4.69) is 23.0 Å². The molecule has 1 fully saturated rings. The first-order valence-corrected chi connectivity index (χ1v) is 7.05. The first-order chi connectivity index (χ1) is 9.63. The van der Waals surface area contributed by atoms with Crippen LogP contribution in [0.3, 0.4) is 0 Å². The van der Waals surface area contributed by atoms with Crippen molar-refractivity contribution in [2.75, 3.05) is 20.2 Å². The van der Waals surface area contributed by atoms with Crippen molar-refractivity contribution in [3.05, 3.63) is 28.3 Å². The number of ether oxygens (including phenoxy) is 1. The summed E-state index contributed by atoms with van der Waals surface area (Å²) in [6.07, 6.45) is 3.87. The highest BCUT2D eigenvalue weighted by Crippen LogP contribution is 2.28. The zero-order valence-electron chi connectivity index (χ0n) is 11.8. The molecule has 2 rings (SSSR count). The Morgan fingerprint density at radius 1 is 1.60 bits per heavy atom. The Kier molecular flexibility index (Phi) is 4.99. The lowest BCUT2D eigenvalue weighted by molar-refractivity contribution is 0.197. The van der Waals surface area contributed by atoms with Gasteiger partial charge in [0, 0.05) is 6.04 Å². The second-order valence-corrected chi connectivity index (χ2v) is 5.41. The summed E-state index contributed by atoms with van der Waals surface area (Å²) in [6.45, 7) is 3.64. The van der Waals surface area contributed by atoms with E-state index in [9.17, 15) is 0 Å². The van der Waals surface area contributed by atoms with E-state index < -0.39 is 0 Å². The summed E-state index contributed by atoms with van der Waals surface area (Å²) < 4.78 is 5.50. The van der Waals surface area contributed by atoms with Crippen molar-refractivity contribution in [2.45, 2.75) is 25.8 Å². The van der Waals surface area contributed by atoms with Crippen LogP contribution >= 0.6 is 11.6 Å². The van der Waals surface area contributed by atoms with E-state index in [1.807, 2.05) is 6.92 Å². The molecule has 0 bridgehead atoms. The molecule has 5 heteroatoms. The summed E-state index contributed by atoms with van der Waals surface area (Å²) >= 11 is 6.09. The van der Waals surface area contributed by atoms with Crippen LogP contribution in [0.1, 0.15) is 24.0 Å². The van der Waals surface area contributed by atoms with Gasteiger partial charge in [0.05, 0.1) is 16.3 Å². The number of hydrogen-bond donors (Lipinski definition) is 0.